The van der Waals surface area contributed by atoms with Crippen LogP contribution in [0.4, 0.5) is 13.2 Å². The number of thioether (sulfide) groups is 1. The van der Waals surface area contributed by atoms with Crippen molar-refractivity contribution in [2.75, 3.05) is 5.75 Å². The Morgan fingerprint density at radius 2 is 1.81 bits per heavy atom. The lowest BCUT2D eigenvalue weighted by Crippen LogP contribution is -2.09. The minimum atomic E-state index is -4.46. The molecule has 0 aliphatic carbocycles. The largest absolute Gasteiger partial charge is 0.446 e. The summed E-state index contributed by atoms with van der Waals surface area (Å²) in [5.74, 6) is -0.196. The van der Waals surface area contributed by atoms with Crippen molar-refractivity contribution in [2.45, 2.75) is 22.2 Å². The molecule has 1 aromatic carbocycles. The Balaban J connectivity index is 1.87. The Bertz CT molecular complexity index is 1360. The number of oxazole rings is 1. The van der Waals surface area contributed by atoms with Crippen LogP contribution in [0.2, 0.25) is 0 Å². The second-order valence-electron chi connectivity index (χ2n) is 6.08. The van der Waals surface area contributed by atoms with Gasteiger partial charge in [-0.2, -0.15) is 13.2 Å². The SMILES string of the molecule is CCS(=O)(=O)c1cnc(-c2ncccn2)nc1-c1nc2cc(SC(F)(F)F)ccc2o1. The van der Waals surface area contributed by atoms with E-state index >= 15 is 0 Å². The number of halogens is 3. The zero-order chi connectivity index (χ0) is 22.2. The van der Waals surface area contributed by atoms with Crippen LogP contribution in [0, 0.1) is 0 Å². The van der Waals surface area contributed by atoms with Crippen LogP contribution in [-0.2, 0) is 9.84 Å². The Hall–Kier alpha value is -3.06. The van der Waals surface area contributed by atoms with Gasteiger partial charge in [0.2, 0.25) is 5.89 Å². The molecular weight excluding hydrogens is 455 g/mol. The maximum absolute atomic E-state index is 12.7. The van der Waals surface area contributed by atoms with Crippen LogP contribution >= 0.6 is 11.8 Å². The van der Waals surface area contributed by atoms with Crippen LogP contribution in [0.15, 0.2) is 57.1 Å². The standard InChI is InChI=1S/C18H12F3N5O3S2/c1-2-31(27,28)13-9-24-16(15-22-6-3-7-23-15)26-14(13)17-25-11-8-10(30-18(19,20)21)4-5-12(11)29-17/h3-9H,2H2,1H3. The van der Waals surface area contributed by atoms with Crippen molar-refractivity contribution in [1.29, 1.82) is 0 Å². The molecule has 0 aliphatic heterocycles. The van der Waals surface area contributed by atoms with E-state index in [1.165, 1.54) is 37.5 Å². The van der Waals surface area contributed by atoms with E-state index in [1.54, 1.807) is 6.07 Å². The van der Waals surface area contributed by atoms with Crippen molar-refractivity contribution >= 4 is 32.7 Å². The lowest BCUT2D eigenvalue weighted by atomic mass is 10.3. The second-order valence-corrected chi connectivity index (χ2v) is 9.46. The van der Waals surface area contributed by atoms with E-state index in [9.17, 15) is 21.6 Å². The first kappa shape index (κ1) is 21.2. The molecule has 4 aromatic rings. The number of aromatic nitrogens is 5. The molecule has 0 spiro atoms. The van der Waals surface area contributed by atoms with Gasteiger partial charge in [0.1, 0.15) is 16.1 Å². The van der Waals surface area contributed by atoms with E-state index < -0.39 is 15.3 Å². The molecule has 4 rings (SSSR count). The van der Waals surface area contributed by atoms with Crippen molar-refractivity contribution in [2.24, 2.45) is 0 Å². The van der Waals surface area contributed by atoms with Crippen LogP contribution in [0.3, 0.4) is 0 Å². The first-order chi connectivity index (χ1) is 14.7. The quantitative estimate of drug-likeness (QED) is 0.400. The number of benzene rings is 1. The fraction of sp³-hybridized carbons (Fsp3) is 0.167. The molecule has 31 heavy (non-hydrogen) atoms. The summed E-state index contributed by atoms with van der Waals surface area (Å²) in [6, 6.07) is 5.37. The van der Waals surface area contributed by atoms with Crippen molar-refractivity contribution in [3.8, 4) is 23.2 Å². The average Bonchev–Trinajstić information content (AvgIpc) is 3.16. The summed E-state index contributed by atoms with van der Waals surface area (Å²) >= 11 is -0.288. The van der Waals surface area contributed by atoms with Gasteiger partial charge in [-0.15, -0.1) is 0 Å². The molecule has 0 radical (unpaired) electrons. The van der Waals surface area contributed by atoms with E-state index in [0.717, 1.165) is 6.20 Å². The van der Waals surface area contributed by atoms with Gasteiger partial charge in [0.25, 0.3) is 0 Å². The summed E-state index contributed by atoms with van der Waals surface area (Å²) in [6.45, 7) is 1.46. The molecule has 3 heterocycles. The Kier molecular flexibility index (Phi) is 5.39. The molecule has 0 saturated carbocycles. The van der Waals surface area contributed by atoms with Gasteiger partial charge in [-0.25, -0.2) is 33.3 Å². The van der Waals surface area contributed by atoms with Crippen LogP contribution in [0.1, 0.15) is 6.92 Å². The summed E-state index contributed by atoms with van der Waals surface area (Å²) in [5.41, 5.74) is -4.28. The van der Waals surface area contributed by atoms with Gasteiger partial charge in [-0.05, 0) is 36.0 Å². The topological polar surface area (TPSA) is 112 Å². The summed E-state index contributed by atoms with van der Waals surface area (Å²) in [6.07, 6.45) is 4.06. The lowest BCUT2D eigenvalue weighted by Gasteiger charge is -2.07. The van der Waals surface area contributed by atoms with Crippen molar-refractivity contribution in [1.82, 2.24) is 24.9 Å². The van der Waals surface area contributed by atoms with Gasteiger partial charge in [0.05, 0.1) is 11.9 Å². The number of nitrogens with zero attached hydrogens (tertiary/aromatic N) is 5. The molecule has 3 aromatic heterocycles. The van der Waals surface area contributed by atoms with Crippen molar-refractivity contribution < 1.29 is 26.0 Å². The second kappa shape index (κ2) is 7.89. The third-order valence-corrected chi connectivity index (χ3v) is 6.48. The number of hydrogen-bond acceptors (Lipinski definition) is 9. The predicted octanol–water partition coefficient (Wildman–Crippen LogP) is 4.15. The first-order valence-corrected chi connectivity index (χ1v) is 11.2. The maximum Gasteiger partial charge on any atom is 0.446 e. The third-order valence-electron chi connectivity index (χ3n) is 4.03. The van der Waals surface area contributed by atoms with Crippen molar-refractivity contribution in [3.63, 3.8) is 0 Å². The molecule has 0 amide bonds. The number of sulfone groups is 1. The number of alkyl halides is 3. The third kappa shape index (κ3) is 4.51. The van der Waals surface area contributed by atoms with Gasteiger partial charge < -0.3 is 4.42 Å². The number of rotatable bonds is 5. The molecular formula is C18H12F3N5O3S2. The first-order valence-electron chi connectivity index (χ1n) is 8.70. The smallest absolute Gasteiger partial charge is 0.435 e. The zero-order valence-corrected chi connectivity index (χ0v) is 17.3. The molecule has 0 saturated heterocycles. The zero-order valence-electron chi connectivity index (χ0n) is 15.7. The van der Waals surface area contributed by atoms with E-state index in [0.29, 0.717) is 0 Å². The minimum absolute atomic E-state index is 0.0428. The van der Waals surface area contributed by atoms with Gasteiger partial charge in [0, 0.05) is 17.3 Å². The summed E-state index contributed by atoms with van der Waals surface area (Å²) < 4.78 is 68.7. The Labute approximate surface area is 177 Å². The van der Waals surface area contributed by atoms with Crippen LogP contribution in [0.25, 0.3) is 34.3 Å². The van der Waals surface area contributed by atoms with Crippen LogP contribution < -0.4 is 0 Å². The normalized spacial score (nSPS) is 12.4. The molecule has 0 fully saturated rings. The minimum Gasteiger partial charge on any atom is -0.435 e. The van der Waals surface area contributed by atoms with Crippen LogP contribution in [-0.4, -0.2) is 44.6 Å². The van der Waals surface area contributed by atoms with Gasteiger partial charge in [-0.3, -0.25) is 0 Å². The molecule has 13 heteroatoms. The molecule has 0 unspecified atom stereocenters. The maximum atomic E-state index is 12.7. The predicted molar refractivity (Wildman–Crippen MR) is 106 cm³/mol. The summed E-state index contributed by atoms with van der Waals surface area (Å²) in [7, 11) is -3.76. The summed E-state index contributed by atoms with van der Waals surface area (Å²) in [4.78, 5) is 20.2. The highest BCUT2D eigenvalue weighted by Gasteiger charge is 2.30. The average molecular weight is 467 g/mol. The molecule has 0 atom stereocenters. The highest BCUT2D eigenvalue weighted by atomic mass is 32.2. The van der Waals surface area contributed by atoms with Gasteiger partial charge in [-0.1, -0.05) is 6.92 Å². The molecule has 160 valence electrons. The van der Waals surface area contributed by atoms with E-state index in [4.69, 9.17) is 4.42 Å². The number of fused-ring (bicyclic) bond motifs is 1. The van der Waals surface area contributed by atoms with Crippen LogP contribution in [0.5, 0.6) is 0 Å². The lowest BCUT2D eigenvalue weighted by molar-refractivity contribution is -0.0328. The highest BCUT2D eigenvalue weighted by molar-refractivity contribution is 8.00. The molecule has 0 bridgehead atoms. The van der Waals surface area contributed by atoms with Crippen molar-refractivity contribution in [3.05, 3.63) is 42.9 Å². The van der Waals surface area contributed by atoms with Gasteiger partial charge in [0.15, 0.2) is 27.1 Å². The Morgan fingerprint density at radius 3 is 2.48 bits per heavy atom. The summed E-state index contributed by atoms with van der Waals surface area (Å²) in [5, 5.41) is 0. The van der Waals surface area contributed by atoms with E-state index in [1.807, 2.05) is 0 Å². The fourth-order valence-corrected chi connectivity index (χ4v) is 4.16. The highest BCUT2D eigenvalue weighted by Crippen LogP contribution is 2.38. The van der Waals surface area contributed by atoms with E-state index in [2.05, 4.69) is 24.9 Å². The Morgan fingerprint density at radius 1 is 1.06 bits per heavy atom. The monoisotopic (exact) mass is 467 g/mol. The number of hydrogen-bond donors (Lipinski definition) is 0. The molecule has 0 N–H and O–H groups in total. The fourth-order valence-electron chi connectivity index (χ4n) is 2.64. The molecule has 8 nitrogen and oxygen atoms in total. The van der Waals surface area contributed by atoms with E-state index in [-0.39, 0.29) is 61.6 Å². The van der Waals surface area contributed by atoms with Gasteiger partial charge >= 0.3 is 5.51 Å². The molecule has 0 aliphatic rings.